The van der Waals surface area contributed by atoms with Crippen LogP contribution in [0.25, 0.3) is 0 Å². The first-order valence-corrected chi connectivity index (χ1v) is 27.1. The molecule has 2 unspecified atom stereocenters. The summed E-state index contributed by atoms with van der Waals surface area (Å²) in [6.45, 7) is 17.9. The van der Waals surface area contributed by atoms with Gasteiger partial charge in [0.2, 0.25) is 0 Å². The molecule has 10 nitrogen and oxygen atoms in total. The highest BCUT2D eigenvalue weighted by atomic mass is 16.3. The highest BCUT2D eigenvalue weighted by Gasteiger charge is 2.28. The summed E-state index contributed by atoms with van der Waals surface area (Å²) in [4.78, 5) is 29.1. The average molecular weight is 889 g/mol. The Morgan fingerprint density at radius 3 is 1.24 bits per heavy atom. The molecule has 0 aromatic heterocycles. The molecule has 10 heteroatoms. The fourth-order valence-electron chi connectivity index (χ4n) is 8.90. The van der Waals surface area contributed by atoms with Crippen molar-refractivity contribution < 1.29 is 19.8 Å². The Balaban J connectivity index is 0.00000977. The van der Waals surface area contributed by atoms with Gasteiger partial charge in [-0.15, -0.1) is 0 Å². The summed E-state index contributed by atoms with van der Waals surface area (Å²) in [6, 6.07) is 0. The van der Waals surface area contributed by atoms with E-state index in [0.717, 1.165) is 88.3 Å². The van der Waals surface area contributed by atoms with Crippen LogP contribution in [0, 0.1) is 0 Å². The largest absolute Gasteiger partial charge is 0.390 e. The summed E-state index contributed by atoms with van der Waals surface area (Å²) in [7, 11) is 0. The number of carbonyl (C=O) groups excluding carboxylic acids is 2. The van der Waals surface area contributed by atoms with Crippen molar-refractivity contribution in [2.24, 2.45) is 5.73 Å². The molecular weight excluding hydrogens is 785 g/mol. The highest BCUT2D eigenvalue weighted by molar-refractivity contribution is 6.04. The van der Waals surface area contributed by atoms with Gasteiger partial charge in [0.05, 0.1) is 30.7 Å². The Morgan fingerprint density at radius 1 is 0.492 bits per heavy atom. The lowest BCUT2D eigenvalue weighted by atomic mass is 9.90. The van der Waals surface area contributed by atoms with E-state index in [9.17, 15) is 19.8 Å². The van der Waals surface area contributed by atoms with Crippen LogP contribution in [0.5, 0.6) is 0 Å². The molecule has 0 heterocycles. The minimum absolute atomic E-state index is 0.0969. The number of nitrogens with two attached hydrogens (primary N) is 1. The van der Waals surface area contributed by atoms with Crippen molar-refractivity contribution in [3.8, 4) is 0 Å². The molecule has 0 saturated carbocycles. The number of unbranched alkanes of at least 4 members (excludes halogenated alkanes) is 23. The van der Waals surface area contributed by atoms with E-state index in [2.05, 4.69) is 39.6 Å². The number of allylic oxidation sites excluding steroid dienone is 4. The molecule has 2 aliphatic rings. The first-order valence-electron chi connectivity index (χ1n) is 27.1. The topological polar surface area (TPSA) is 143 Å². The highest BCUT2D eigenvalue weighted by Crippen LogP contribution is 2.24. The van der Waals surface area contributed by atoms with Crippen molar-refractivity contribution >= 4 is 11.6 Å². The van der Waals surface area contributed by atoms with Gasteiger partial charge in [0.15, 0.2) is 11.6 Å². The molecule has 0 fully saturated rings. The molecule has 370 valence electrons. The fraction of sp³-hybridized carbons (Fsp3) is 0.887. The molecule has 0 saturated heterocycles. The summed E-state index contributed by atoms with van der Waals surface area (Å²) >= 11 is 0. The number of rotatable bonds is 46. The van der Waals surface area contributed by atoms with Gasteiger partial charge in [-0.25, -0.2) is 0 Å². The molecule has 63 heavy (non-hydrogen) atoms. The van der Waals surface area contributed by atoms with Gasteiger partial charge in [0, 0.05) is 56.2 Å². The summed E-state index contributed by atoms with van der Waals surface area (Å²) in [5.41, 5.74) is 9.40. The summed E-state index contributed by atoms with van der Waals surface area (Å²) in [5, 5.41) is 31.7. The number of Topliss-reactive ketones (excluding diaryl/α,β-unsaturated/α-hetero) is 2. The second kappa shape index (κ2) is 41.5. The number of hydrogen-bond donors (Lipinski definition) is 6. The summed E-state index contributed by atoms with van der Waals surface area (Å²) < 4.78 is 0. The third kappa shape index (κ3) is 30.0. The minimum atomic E-state index is -0.572. The summed E-state index contributed by atoms with van der Waals surface area (Å²) in [5.74, 6) is 0.355. The van der Waals surface area contributed by atoms with Crippen LogP contribution in [0.2, 0.25) is 0 Å². The minimum Gasteiger partial charge on any atom is -0.390 e. The Bertz CT molecular complexity index is 1180. The molecule has 0 aromatic carbocycles. The third-order valence-electron chi connectivity index (χ3n) is 12.9. The molecule has 0 amide bonds. The number of aliphatic hydroxyl groups excluding tert-OH is 2. The predicted molar refractivity (Wildman–Crippen MR) is 269 cm³/mol. The zero-order valence-corrected chi connectivity index (χ0v) is 42.1. The SMILES string of the molecule is CC.CCCCCCCCCCCCCCN(CCCCN(CCCCCCCCCCCCCC)CC(O)CNC1=C(NCCCNC2=C(CC)C(=O)C2)CC1=O)CC(O)CN. The monoisotopic (exact) mass is 889 g/mol. The van der Waals surface area contributed by atoms with Gasteiger partial charge in [-0.05, 0) is 64.7 Å². The number of nitrogens with one attached hydrogen (secondary N) is 3. The van der Waals surface area contributed by atoms with Crippen LogP contribution in [-0.2, 0) is 9.59 Å². The van der Waals surface area contributed by atoms with Crippen LogP contribution in [0.4, 0.5) is 0 Å². The molecule has 0 bridgehead atoms. The fourth-order valence-corrected chi connectivity index (χ4v) is 8.90. The summed E-state index contributed by atoms with van der Waals surface area (Å²) in [6.07, 6.45) is 35.7. The number of carbonyl (C=O) groups is 2. The van der Waals surface area contributed by atoms with E-state index in [4.69, 9.17) is 5.73 Å². The van der Waals surface area contributed by atoms with E-state index < -0.39 is 12.2 Å². The van der Waals surface area contributed by atoms with Crippen molar-refractivity contribution in [2.45, 2.75) is 239 Å². The molecule has 0 radical (unpaired) electrons. The maximum Gasteiger partial charge on any atom is 0.186 e. The molecule has 0 spiro atoms. The van der Waals surface area contributed by atoms with Crippen LogP contribution in [0.1, 0.15) is 227 Å². The molecule has 2 rings (SSSR count). The van der Waals surface area contributed by atoms with Gasteiger partial charge in [-0.2, -0.15) is 0 Å². The number of nitrogens with zero attached hydrogens (tertiary/aromatic N) is 2. The second-order valence-corrected chi connectivity index (χ2v) is 18.6. The normalized spacial score (nSPS) is 14.8. The molecule has 2 aliphatic carbocycles. The lowest BCUT2D eigenvalue weighted by Gasteiger charge is -2.29. The van der Waals surface area contributed by atoms with Gasteiger partial charge < -0.3 is 41.7 Å². The quantitative estimate of drug-likeness (QED) is 0.0327. The number of aliphatic hydroxyl groups is 2. The van der Waals surface area contributed by atoms with Crippen molar-refractivity contribution in [1.29, 1.82) is 0 Å². The average Bonchev–Trinajstić information content (AvgIpc) is 3.27. The lowest BCUT2D eigenvalue weighted by Crippen LogP contribution is -2.43. The van der Waals surface area contributed by atoms with E-state index in [1.165, 1.54) is 148 Å². The first-order chi connectivity index (χ1) is 30.8. The number of hydrogen-bond acceptors (Lipinski definition) is 10. The Labute approximate surface area is 389 Å². The van der Waals surface area contributed by atoms with Crippen LogP contribution in [0.3, 0.4) is 0 Å². The van der Waals surface area contributed by atoms with Crippen molar-refractivity contribution in [3.63, 3.8) is 0 Å². The van der Waals surface area contributed by atoms with Crippen molar-refractivity contribution in [2.75, 3.05) is 65.4 Å². The van der Waals surface area contributed by atoms with Crippen molar-refractivity contribution in [3.05, 3.63) is 22.7 Å². The first kappa shape index (κ1) is 59.0. The van der Waals surface area contributed by atoms with Crippen LogP contribution in [0.15, 0.2) is 22.7 Å². The molecule has 7 N–H and O–H groups in total. The van der Waals surface area contributed by atoms with Crippen LogP contribution >= 0.6 is 0 Å². The predicted octanol–water partition coefficient (Wildman–Crippen LogP) is 10.5. The van der Waals surface area contributed by atoms with Gasteiger partial charge in [-0.1, -0.05) is 176 Å². The van der Waals surface area contributed by atoms with Gasteiger partial charge in [-0.3, -0.25) is 9.59 Å². The van der Waals surface area contributed by atoms with Crippen LogP contribution in [-0.4, -0.2) is 109 Å². The smallest absolute Gasteiger partial charge is 0.186 e. The lowest BCUT2D eigenvalue weighted by molar-refractivity contribution is -0.117. The van der Waals surface area contributed by atoms with Gasteiger partial charge >= 0.3 is 0 Å². The third-order valence-corrected chi connectivity index (χ3v) is 12.9. The maximum atomic E-state index is 12.5. The van der Waals surface area contributed by atoms with E-state index in [0.29, 0.717) is 44.7 Å². The zero-order chi connectivity index (χ0) is 46.2. The standard InChI is InChI=1S/C51H98N6O4.C2H6/c1-4-7-9-11-13-15-17-19-21-23-25-27-34-56(42-44(58)40-52)36-29-30-37-57(35-28-26-24-22-20-18-16-14-12-10-8-5-2)43-45(59)41-55-51-48(39-50(51)61)54-33-31-32-53-47-38-49(60)46(47)6-3;1-2/h44-45,53-55,58-59H,4-43,52H2,1-3H3;1-2H3. The van der Waals surface area contributed by atoms with Gasteiger partial charge in [0.1, 0.15) is 0 Å². The Morgan fingerprint density at radius 2 is 0.857 bits per heavy atom. The molecule has 0 aliphatic heterocycles. The molecule has 0 aromatic rings. The van der Waals surface area contributed by atoms with Crippen LogP contribution < -0.4 is 21.7 Å². The van der Waals surface area contributed by atoms with Crippen molar-refractivity contribution in [1.82, 2.24) is 25.8 Å². The molecular formula is C53H104N6O4. The second-order valence-electron chi connectivity index (χ2n) is 18.6. The van der Waals surface area contributed by atoms with E-state index in [-0.39, 0.29) is 11.6 Å². The van der Waals surface area contributed by atoms with E-state index in [1.807, 2.05) is 20.8 Å². The van der Waals surface area contributed by atoms with E-state index >= 15 is 0 Å². The Kier molecular flexibility index (Phi) is 38.8. The molecule has 2 atom stereocenters. The van der Waals surface area contributed by atoms with Gasteiger partial charge in [0.25, 0.3) is 0 Å². The number of ketones is 2. The van der Waals surface area contributed by atoms with E-state index in [1.54, 1.807) is 0 Å². The maximum absolute atomic E-state index is 12.5. The zero-order valence-electron chi connectivity index (χ0n) is 42.1. The Hall–Kier alpha value is -1.98.